The third-order valence-corrected chi connectivity index (χ3v) is 3.47. The number of hydrazone groups is 1. The molecule has 2 rings (SSSR count). The SMILES string of the molecule is C=CCOc1ccc(/C=N\NC(=O)c2ccc(C)c(Cl)c2)cc1. The summed E-state index contributed by atoms with van der Waals surface area (Å²) < 4.78 is 5.39. The van der Waals surface area contributed by atoms with Gasteiger partial charge < -0.3 is 4.74 Å². The van der Waals surface area contributed by atoms with Gasteiger partial charge in [-0.05, 0) is 54.4 Å². The van der Waals surface area contributed by atoms with Gasteiger partial charge in [0.15, 0.2) is 0 Å². The number of rotatable bonds is 6. The molecule has 0 atom stereocenters. The highest BCUT2D eigenvalue weighted by Gasteiger charge is 2.05. The summed E-state index contributed by atoms with van der Waals surface area (Å²) in [5.74, 6) is 0.439. The molecule has 23 heavy (non-hydrogen) atoms. The number of carbonyl (C=O) groups is 1. The summed E-state index contributed by atoms with van der Waals surface area (Å²) >= 11 is 6.00. The Labute approximate surface area is 140 Å². The van der Waals surface area contributed by atoms with Crippen LogP contribution in [0.4, 0.5) is 0 Å². The lowest BCUT2D eigenvalue weighted by Gasteiger charge is -2.03. The lowest BCUT2D eigenvalue weighted by atomic mass is 10.1. The Hall–Kier alpha value is -2.59. The first-order valence-electron chi connectivity index (χ1n) is 7.03. The van der Waals surface area contributed by atoms with Gasteiger partial charge in [0.25, 0.3) is 5.91 Å². The minimum atomic E-state index is -0.311. The van der Waals surface area contributed by atoms with Crippen molar-refractivity contribution in [3.8, 4) is 5.75 Å². The van der Waals surface area contributed by atoms with E-state index >= 15 is 0 Å². The van der Waals surface area contributed by atoms with Crippen molar-refractivity contribution in [1.29, 1.82) is 0 Å². The van der Waals surface area contributed by atoms with Gasteiger partial charge in [0.05, 0.1) is 6.21 Å². The minimum Gasteiger partial charge on any atom is -0.490 e. The van der Waals surface area contributed by atoms with Gasteiger partial charge in [-0.3, -0.25) is 4.79 Å². The summed E-state index contributed by atoms with van der Waals surface area (Å²) in [6.07, 6.45) is 3.24. The number of benzene rings is 2. The number of amides is 1. The lowest BCUT2D eigenvalue weighted by Crippen LogP contribution is -2.17. The van der Waals surface area contributed by atoms with Gasteiger partial charge in [-0.2, -0.15) is 5.10 Å². The number of nitrogens with one attached hydrogen (secondary N) is 1. The van der Waals surface area contributed by atoms with Crippen LogP contribution in [0.2, 0.25) is 5.02 Å². The Morgan fingerprint density at radius 3 is 2.70 bits per heavy atom. The summed E-state index contributed by atoms with van der Waals surface area (Å²) in [6, 6.07) is 12.5. The molecule has 4 nitrogen and oxygen atoms in total. The number of carbonyl (C=O) groups excluding carboxylic acids is 1. The highest BCUT2D eigenvalue weighted by Crippen LogP contribution is 2.16. The Morgan fingerprint density at radius 1 is 1.30 bits per heavy atom. The molecule has 1 amide bonds. The molecule has 0 aliphatic rings. The Bertz CT molecular complexity index is 724. The molecule has 0 aromatic heterocycles. The topological polar surface area (TPSA) is 50.7 Å². The van der Waals surface area contributed by atoms with E-state index < -0.39 is 0 Å². The molecule has 0 bridgehead atoms. The summed E-state index contributed by atoms with van der Waals surface area (Å²) in [4.78, 5) is 12.0. The van der Waals surface area contributed by atoms with Crippen LogP contribution in [0.1, 0.15) is 21.5 Å². The Morgan fingerprint density at radius 2 is 2.04 bits per heavy atom. The van der Waals surface area contributed by atoms with Gasteiger partial charge in [-0.1, -0.05) is 30.3 Å². The predicted octanol–water partition coefficient (Wildman–Crippen LogP) is 3.98. The van der Waals surface area contributed by atoms with Gasteiger partial charge >= 0.3 is 0 Å². The van der Waals surface area contributed by atoms with Crippen molar-refractivity contribution in [3.63, 3.8) is 0 Å². The molecule has 0 unspecified atom stereocenters. The Kier molecular flexibility index (Phi) is 5.94. The monoisotopic (exact) mass is 328 g/mol. The zero-order valence-corrected chi connectivity index (χ0v) is 13.5. The molecule has 2 aromatic carbocycles. The van der Waals surface area contributed by atoms with Crippen LogP contribution in [-0.2, 0) is 0 Å². The summed E-state index contributed by atoms with van der Waals surface area (Å²) in [5, 5.41) is 4.49. The van der Waals surface area contributed by atoms with E-state index in [0.29, 0.717) is 17.2 Å². The van der Waals surface area contributed by atoms with Crippen LogP contribution < -0.4 is 10.2 Å². The summed E-state index contributed by atoms with van der Waals surface area (Å²) in [5.41, 5.74) is 4.70. The van der Waals surface area contributed by atoms with E-state index in [1.807, 2.05) is 31.2 Å². The molecule has 0 fully saturated rings. The number of nitrogens with zero attached hydrogens (tertiary/aromatic N) is 1. The van der Waals surface area contributed by atoms with Crippen molar-refractivity contribution in [1.82, 2.24) is 5.43 Å². The van der Waals surface area contributed by atoms with Crippen molar-refractivity contribution < 1.29 is 9.53 Å². The molecule has 5 heteroatoms. The summed E-state index contributed by atoms with van der Waals surface area (Å²) in [6.45, 7) is 5.93. The van der Waals surface area contributed by atoms with Crippen molar-refractivity contribution in [2.75, 3.05) is 6.61 Å². The molecule has 0 aliphatic heterocycles. The maximum atomic E-state index is 12.0. The van der Waals surface area contributed by atoms with E-state index in [0.717, 1.165) is 16.9 Å². The number of halogens is 1. The number of ether oxygens (including phenoxy) is 1. The van der Waals surface area contributed by atoms with Crippen molar-refractivity contribution in [3.05, 3.63) is 76.8 Å². The number of hydrogen-bond acceptors (Lipinski definition) is 3. The van der Waals surface area contributed by atoms with Gasteiger partial charge in [0, 0.05) is 10.6 Å². The number of aryl methyl sites for hydroxylation is 1. The maximum absolute atomic E-state index is 12.0. The first-order valence-corrected chi connectivity index (χ1v) is 7.41. The first kappa shape index (κ1) is 16.8. The molecular weight excluding hydrogens is 312 g/mol. The van der Waals surface area contributed by atoms with Crippen LogP contribution >= 0.6 is 11.6 Å². The second-order valence-electron chi connectivity index (χ2n) is 4.83. The Balaban J connectivity index is 1.93. The molecule has 0 saturated carbocycles. The van der Waals surface area contributed by atoms with E-state index in [4.69, 9.17) is 16.3 Å². The fourth-order valence-electron chi connectivity index (χ4n) is 1.77. The standard InChI is InChI=1S/C18H17ClN2O2/c1-3-10-23-16-8-5-14(6-9-16)12-20-21-18(22)15-7-4-13(2)17(19)11-15/h3-9,11-12H,1,10H2,2H3,(H,21,22)/b20-12-. The molecule has 0 saturated heterocycles. The molecule has 2 aromatic rings. The average Bonchev–Trinajstić information content (AvgIpc) is 2.56. The van der Waals surface area contributed by atoms with E-state index in [9.17, 15) is 4.79 Å². The second-order valence-corrected chi connectivity index (χ2v) is 5.24. The largest absolute Gasteiger partial charge is 0.490 e. The average molecular weight is 329 g/mol. The minimum absolute atomic E-state index is 0.311. The molecule has 0 heterocycles. The molecule has 0 aliphatic carbocycles. The predicted molar refractivity (Wildman–Crippen MR) is 93.4 cm³/mol. The summed E-state index contributed by atoms with van der Waals surface area (Å²) in [7, 11) is 0. The smallest absolute Gasteiger partial charge is 0.271 e. The molecule has 0 radical (unpaired) electrons. The van der Waals surface area contributed by atoms with Crippen LogP contribution in [0, 0.1) is 6.92 Å². The molecular formula is C18H17ClN2O2. The van der Waals surface area contributed by atoms with Crippen molar-refractivity contribution in [2.45, 2.75) is 6.92 Å². The quantitative estimate of drug-likeness (QED) is 0.495. The maximum Gasteiger partial charge on any atom is 0.271 e. The number of hydrogen-bond donors (Lipinski definition) is 1. The van der Waals surface area contributed by atoms with Gasteiger partial charge in [0.2, 0.25) is 0 Å². The first-order chi connectivity index (χ1) is 11.1. The highest BCUT2D eigenvalue weighted by molar-refractivity contribution is 6.31. The zero-order valence-electron chi connectivity index (χ0n) is 12.8. The van der Waals surface area contributed by atoms with E-state index in [2.05, 4.69) is 17.1 Å². The van der Waals surface area contributed by atoms with Gasteiger partial charge in [-0.25, -0.2) is 5.43 Å². The molecule has 118 valence electrons. The zero-order chi connectivity index (χ0) is 16.7. The van der Waals surface area contributed by atoms with Crippen LogP contribution in [0.5, 0.6) is 5.75 Å². The fourth-order valence-corrected chi connectivity index (χ4v) is 1.95. The molecule has 1 N–H and O–H groups in total. The van der Waals surface area contributed by atoms with E-state index in [1.54, 1.807) is 30.5 Å². The van der Waals surface area contributed by atoms with Gasteiger partial charge in [0.1, 0.15) is 12.4 Å². The van der Waals surface area contributed by atoms with Crippen LogP contribution in [0.25, 0.3) is 0 Å². The van der Waals surface area contributed by atoms with Crippen molar-refractivity contribution >= 4 is 23.7 Å². The normalized spacial score (nSPS) is 10.5. The van der Waals surface area contributed by atoms with Crippen LogP contribution in [0.3, 0.4) is 0 Å². The highest BCUT2D eigenvalue weighted by atomic mass is 35.5. The van der Waals surface area contributed by atoms with Crippen LogP contribution in [-0.4, -0.2) is 18.7 Å². The third-order valence-electron chi connectivity index (χ3n) is 3.06. The van der Waals surface area contributed by atoms with E-state index in [1.165, 1.54) is 0 Å². The van der Waals surface area contributed by atoms with Crippen molar-refractivity contribution in [2.24, 2.45) is 5.10 Å². The third kappa shape index (κ3) is 4.97. The second kappa shape index (κ2) is 8.15. The lowest BCUT2D eigenvalue weighted by molar-refractivity contribution is 0.0955. The molecule has 0 spiro atoms. The van der Waals surface area contributed by atoms with Crippen LogP contribution in [0.15, 0.2) is 60.2 Å². The van der Waals surface area contributed by atoms with E-state index in [-0.39, 0.29) is 5.91 Å². The van der Waals surface area contributed by atoms with Gasteiger partial charge in [-0.15, -0.1) is 0 Å². The fraction of sp³-hybridized carbons (Fsp3) is 0.111.